The quantitative estimate of drug-likeness (QED) is 0.604. The van der Waals surface area contributed by atoms with Gasteiger partial charge in [-0.05, 0) is 53.1 Å². The van der Waals surface area contributed by atoms with Crippen LogP contribution in [0.2, 0.25) is 0 Å². The van der Waals surface area contributed by atoms with Gasteiger partial charge in [0.15, 0.2) is 0 Å². The second-order valence-electron chi connectivity index (χ2n) is 7.68. The van der Waals surface area contributed by atoms with Crippen molar-refractivity contribution in [2.75, 3.05) is 19.6 Å². The Bertz CT molecular complexity index is 1030. The minimum absolute atomic E-state index is 0.0482. The van der Waals surface area contributed by atoms with E-state index in [1.807, 2.05) is 41.3 Å². The van der Waals surface area contributed by atoms with Gasteiger partial charge in [-0.15, -0.1) is 0 Å². The molecule has 1 aliphatic rings. The van der Waals surface area contributed by atoms with Crippen molar-refractivity contribution in [1.82, 2.24) is 9.80 Å². The standard InChI is InChI=1S/C25H25FN2O/c1-19-17-27(18-21-7-11-24(26)12-8-21)14-15-28(19)25(29)13-9-20-6-10-22-4-2-3-5-23(22)16-20/h2-13,16,19H,14-15,17-18H2,1H3/b13-9+/t19-/m1/s1. The Kier molecular flexibility index (Phi) is 5.72. The zero-order chi connectivity index (χ0) is 20.2. The second kappa shape index (κ2) is 8.58. The molecule has 29 heavy (non-hydrogen) atoms. The van der Waals surface area contributed by atoms with Gasteiger partial charge >= 0.3 is 0 Å². The third kappa shape index (κ3) is 4.72. The molecule has 1 amide bonds. The number of nitrogens with zero attached hydrogens (tertiary/aromatic N) is 2. The first kappa shape index (κ1) is 19.3. The van der Waals surface area contributed by atoms with E-state index in [4.69, 9.17) is 0 Å². The summed E-state index contributed by atoms with van der Waals surface area (Å²) in [6.45, 7) is 5.19. The first-order valence-electron chi connectivity index (χ1n) is 10.0. The molecule has 4 heteroatoms. The van der Waals surface area contributed by atoms with Gasteiger partial charge in [-0.2, -0.15) is 0 Å². The van der Waals surface area contributed by atoms with E-state index in [1.54, 1.807) is 6.08 Å². The lowest BCUT2D eigenvalue weighted by Gasteiger charge is -2.39. The van der Waals surface area contributed by atoms with Gasteiger partial charge < -0.3 is 4.90 Å². The van der Waals surface area contributed by atoms with Gasteiger partial charge in [0.05, 0.1) is 0 Å². The van der Waals surface area contributed by atoms with Gasteiger partial charge in [-0.3, -0.25) is 9.69 Å². The van der Waals surface area contributed by atoms with E-state index in [-0.39, 0.29) is 17.8 Å². The van der Waals surface area contributed by atoms with Crippen molar-refractivity contribution in [3.8, 4) is 0 Å². The number of piperazine rings is 1. The highest BCUT2D eigenvalue weighted by Gasteiger charge is 2.26. The summed E-state index contributed by atoms with van der Waals surface area (Å²) in [5.41, 5.74) is 2.12. The minimum atomic E-state index is -0.212. The minimum Gasteiger partial charge on any atom is -0.334 e. The molecule has 0 aliphatic carbocycles. The number of rotatable bonds is 4. The molecular formula is C25H25FN2O. The van der Waals surface area contributed by atoms with Crippen LogP contribution in [0.1, 0.15) is 18.1 Å². The van der Waals surface area contributed by atoms with Gasteiger partial charge in [0, 0.05) is 38.3 Å². The molecule has 4 rings (SSSR count). The Labute approximate surface area is 171 Å². The second-order valence-corrected chi connectivity index (χ2v) is 7.68. The summed E-state index contributed by atoms with van der Waals surface area (Å²) in [4.78, 5) is 17.0. The fourth-order valence-electron chi connectivity index (χ4n) is 3.93. The fourth-order valence-corrected chi connectivity index (χ4v) is 3.93. The summed E-state index contributed by atoms with van der Waals surface area (Å²) < 4.78 is 13.1. The van der Waals surface area contributed by atoms with Crippen LogP contribution in [0.4, 0.5) is 4.39 Å². The lowest BCUT2D eigenvalue weighted by Crippen LogP contribution is -2.53. The highest BCUT2D eigenvalue weighted by atomic mass is 19.1. The van der Waals surface area contributed by atoms with Gasteiger partial charge in [-0.1, -0.05) is 48.5 Å². The van der Waals surface area contributed by atoms with E-state index >= 15 is 0 Å². The number of hydrogen-bond acceptors (Lipinski definition) is 2. The van der Waals surface area contributed by atoms with Crippen LogP contribution in [0, 0.1) is 5.82 Å². The molecular weight excluding hydrogens is 363 g/mol. The van der Waals surface area contributed by atoms with Crippen molar-refractivity contribution in [2.24, 2.45) is 0 Å². The third-order valence-corrected chi connectivity index (χ3v) is 5.51. The molecule has 0 unspecified atom stereocenters. The molecule has 1 aliphatic heterocycles. The topological polar surface area (TPSA) is 23.6 Å². The maximum atomic E-state index is 13.1. The molecule has 3 aromatic carbocycles. The Balaban J connectivity index is 1.36. The zero-order valence-electron chi connectivity index (χ0n) is 16.6. The van der Waals surface area contributed by atoms with Gasteiger partial charge in [0.2, 0.25) is 5.91 Å². The number of amides is 1. The zero-order valence-corrected chi connectivity index (χ0v) is 16.6. The Hall–Kier alpha value is -2.98. The number of benzene rings is 3. The molecule has 3 nitrogen and oxygen atoms in total. The molecule has 1 saturated heterocycles. The number of fused-ring (bicyclic) bond motifs is 1. The van der Waals surface area contributed by atoms with E-state index in [0.29, 0.717) is 6.54 Å². The number of hydrogen-bond donors (Lipinski definition) is 0. The maximum absolute atomic E-state index is 13.1. The predicted octanol–water partition coefficient (Wildman–Crippen LogP) is 4.73. The van der Waals surface area contributed by atoms with Gasteiger partial charge in [0.1, 0.15) is 5.82 Å². The first-order valence-corrected chi connectivity index (χ1v) is 10.0. The van der Waals surface area contributed by atoms with E-state index in [2.05, 4.69) is 36.1 Å². The van der Waals surface area contributed by atoms with E-state index in [0.717, 1.165) is 30.8 Å². The molecule has 0 saturated carbocycles. The Morgan fingerprint density at radius 1 is 1.03 bits per heavy atom. The van der Waals surface area contributed by atoms with Crippen LogP contribution < -0.4 is 0 Å². The molecule has 0 spiro atoms. The lowest BCUT2D eigenvalue weighted by atomic mass is 10.1. The van der Waals surface area contributed by atoms with E-state index in [1.165, 1.54) is 22.9 Å². The van der Waals surface area contributed by atoms with Crippen molar-refractivity contribution >= 4 is 22.8 Å². The van der Waals surface area contributed by atoms with Crippen molar-refractivity contribution in [1.29, 1.82) is 0 Å². The van der Waals surface area contributed by atoms with Crippen LogP contribution in [0.3, 0.4) is 0 Å². The summed E-state index contributed by atoms with van der Waals surface area (Å²) >= 11 is 0. The molecule has 1 fully saturated rings. The van der Waals surface area contributed by atoms with Gasteiger partial charge in [-0.25, -0.2) is 4.39 Å². The average molecular weight is 388 g/mol. The summed E-state index contributed by atoms with van der Waals surface area (Å²) in [5, 5.41) is 2.37. The highest BCUT2D eigenvalue weighted by molar-refractivity contribution is 5.93. The predicted molar refractivity (Wildman–Crippen MR) is 116 cm³/mol. The number of halogens is 1. The van der Waals surface area contributed by atoms with Crippen molar-refractivity contribution in [3.63, 3.8) is 0 Å². The van der Waals surface area contributed by atoms with Crippen molar-refractivity contribution in [3.05, 3.63) is 89.8 Å². The monoisotopic (exact) mass is 388 g/mol. The molecule has 1 atom stereocenters. The normalized spacial score (nSPS) is 17.9. The van der Waals surface area contributed by atoms with Crippen LogP contribution in [0.25, 0.3) is 16.8 Å². The number of carbonyl (C=O) groups excluding carboxylic acids is 1. The summed E-state index contributed by atoms with van der Waals surface area (Å²) in [6.07, 6.45) is 3.57. The Morgan fingerprint density at radius 2 is 1.79 bits per heavy atom. The number of carbonyl (C=O) groups is 1. The molecule has 3 aromatic rings. The average Bonchev–Trinajstić information content (AvgIpc) is 2.73. The van der Waals surface area contributed by atoms with Crippen molar-refractivity contribution in [2.45, 2.75) is 19.5 Å². The summed E-state index contributed by atoms with van der Waals surface area (Å²) in [5.74, 6) is -0.164. The molecule has 0 N–H and O–H groups in total. The lowest BCUT2D eigenvalue weighted by molar-refractivity contribution is -0.130. The summed E-state index contributed by atoms with van der Waals surface area (Å²) in [7, 11) is 0. The molecule has 0 aromatic heterocycles. The van der Waals surface area contributed by atoms with Gasteiger partial charge in [0.25, 0.3) is 0 Å². The van der Waals surface area contributed by atoms with E-state index in [9.17, 15) is 9.18 Å². The van der Waals surface area contributed by atoms with Crippen LogP contribution in [-0.2, 0) is 11.3 Å². The smallest absolute Gasteiger partial charge is 0.246 e. The highest BCUT2D eigenvalue weighted by Crippen LogP contribution is 2.18. The van der Waals surface area contributed by atoms with Crippen LogP contribution in [0.5, 0.6) is 0 Å². The first-order chi connectivity index (χ1) is 14.1. The van der Waals surface area contributed by atoms with Crippen LogP contribution >= 0.6 is 0 Å². The SMILES string of the molecule is C[C@@H]1CN(Cc2ccc(F)cc2)CCN1C(=O)/C=C/c1ccc2ccccc2c1. The molecule has 0 bridgehead atoms. The third-order valence-electron chi connectivity index (χ3n) is 5.51. The van der Waals surface area contributed by atoms with Crippen LogP contribution in [-0.4, -0.2) is 41.4 Å². The largest absolute Gasteiger partial charge is 0.334 e. The maximum Gasteiger partial charge on any atom is 0.246 e. The molecule has 148 valence electrons. The van der Waals surface area contributed by atoms with Crippen molar-refractivity contribution < 1.29 is 9.18 Å². The summed E-state index contributed by atoms with van der Waals surface area (Å²) in [6, 6.07) is 21.2. The Morgan fingerprint density at radius 3 is 2.55 bits per heavy atom. The molecule has 0 radical (unpaired) electrons. The molecule has 1 heterocycles. The van der Waals surface area contributed by atoms with Crippen LogP contribution in [0.15, 0.2) is 72.8 Å². The fraction of sp³-hybridized carbons (Fsp3) is 0.240. The van der Waals surface area contributed by atoms with E-state index < -0.39 is 0 Å².